The standard InChI is InChI=1S/C19H23N3/c20-11-22-16-8-4-2-6-14(16)18-17(22)10-9-13-12-5-1-3-7-15(12)21-19(13)18/h1,5,9-10,14,16,21H,2-4,6-8,11,20H2. The van der Waals surface area contributed by atoms with Gasteiger partial charge < -0.3 is 15.6 Å². The maximum Gasteiger partial charge on any atom is 0.0660 e. The molecule has 1 aromatic carbocycles. The highest BCUT2D eigenvalue weighted by atomic mass is 15.2. The van der Waals surface area contributed by atoms with Gasteiger partial charge in [0, 0.05) is 39.9 Å². The molecule has 2 aromatic rings. The molecule has 0 saturated heterocycles. The maximum atomic E-state index is 6.10. The van der Waals surface area contributed by atoms with E-state index in [2.05, 4.69) is 34.2 Å². The van der Waals surface area contributed by atoms with Crippen molar-refractivity contribution in [2.75, 3.05) is 11.6 Å². The average Bonchev–Trinajstić information content (AvgIpc) is 3.09. The number of benzene rings is 1. The molecule has 0 spiro atoms. The lowest BCUT2D eigenvalue weighted by Crippen LogP contribution is -2.39. The molecule has 3 N–H and O–H groups in total. The summed E-state index contributed by atoms with van der Waals surface area (Å²) in [7, 11) is 0. The Morgan fingerprint density at radius 3 is 3.05 bits per heavy atom. The lowest BCUT2D eigenvalue weighted by Gasteiger charge is -2.32. The van der Waals surface area contributed by atoms with Crippen molar-refractivity contribution in [3.05, 3.63) is 35.0 Å². The summed E-state index contributed by atoms with van der Waals surface area (Å²) in [5, 5.41) is 1.41. The smallest absolute Gasteiger partial charge is 0.0660 e. The minimum atomic E-state index is 0.621. The van der Waals surface area contributed by atoms with E-state index in [0.717, 1.165) is 12.8 Å². The Balaban J connectivity index is 1.77. The van der Waals surface area contributed by atoms with Crippen LogP contribution in [0, 0.1) is 0 Å². The van der Waals surface area contributed by atoms with Crippen LogP contribution < -0.4 is 10.6 Å². The second kappa shape index (κ2) is 4.63. The van der Waals surface area contributed by atoms with E-state index in [1.54, 1.807) is 5.56 Å². The van der Waals surface area contributed by atoms with Gasteiger partial charge in [0.2, 0.25) is 0 Å². The summed E-state index contributed by atoms with van der Waals surface area (Å²) in [5.74, 6) is 0.667. The molecule has 1 fully saturated rings. The van der Waals surface area contributed by atoms with Gasteiger partial charge in [0.15, 0.2) is 0 Å². The fourth-order valence-electron chi connectivity index (χ4n) is 5.02. The Bertz CT molecular complexity index is 771. The summed E-state index contributed by atoms with van der Waals surface area (Å²) in [6.07, 6.45) is 12.2. The van der Waals surface area contributed by atoms with Gasteiger partial charge in [-0.2, -0.15) is 0 Å². The molecule has 2 heterocycles. The van der Waals surface area contributed by atoms with Gasteiger partial charge in [-0.15, -0.1) is 0 Å². The van der Waals surface area contributed by atoms with E-state index >= 15 is 0 Å². The van der Waals surface area contributed by atoms with Gasteiger partial charge in [-0.05, 0) is 31.7 Å². The zero-order chi connectivity index (χ0) is 14.7. The van der Waals surface area contributed by atoms with Gasteiger partial charge in [0.25, 0.3) is 0 Å². The molecule has 1 aromatic heterocycles. The van der Waals surface area contributed by atoms with E-state index in [4.69, 9.17) is 5.73 Å². The van der Waals surface area contributed by atoms with Crippen LogP contribution in [0.1, 0.15) is 54.8 Å². The Morgan fingerprint density at radius 1 is 1.23 bits per heavy atom. The molecule has 0 amide bonds. The van der Waals surface area contributed by atoms with Crippen LogP contribution in [0.25, 0.3) is 17.0 Å². The van der Waals surface area contributed by atoms with Gasteiger partial charge in [0.1, 0.15) is 0 Å². The summed E-state index contributed by atoms with van der Waals surface area (Å²) in [4.78, 5) is 6.23. The lowest BCUT2D eigenvalue weighted by atomic mass is 9.82. The number of nitrogens with zero attached hydrogens (tertiary/aromatic N) is 1. The van der Waals surface area contributed by atoms with E-state index < -0.39 is 0 Å². The molecule has 3 heteroatoms. The van der Waals surface area contributed by atoms with Gasteiger partial charge in [-0.3, -0.25) is 0 Å². The highest BCUT2D eigenvalue weighted by Crippen LogP contribution is 2.50. The molecule has 0 radical (unpaired) electrons. The van der Waals surface area contributed by atoms with Crippen molar-refractivity contribution in [2.24, 2.45) is 5.73 Å². The van der Waals surface area contributed by atoms with E-state index in [-0.39, 0.29) is 0 Å². The van der Waals surface area contributed by atoms with Crippen molar-refractivity contribution in [3.63, 3.8) is 0 Å². The molecule has 2 unspecified atom stereocenters. The second-order valence-corrected chi connectivity index (χ2v) is 6.99. The number of hydrogen-bond acceptors (Lipinski definition) is 2. The number of anilines is 1. The first-order chi connectivity index (χ1) is 10.9. The van der Waals surface area contributed by atoms with Crippen molar-refractivity contribution in [1.29, 1.82) is 0 Å². The van der Waals surface area contributed by atoms with Crippen molar-refractivity contribution < 1.29 is 0 Å². The van der Waals surface area contributed by atoms with Gasteiger partial charge in [-0.25, -0.2) is 0 Å². The Kier molecular flexibility index (Phi) is 2.68. The quantitative estimate of drug-likeness (QED) is 0.838. The van der Waals surface area contributed by atoms with Crippen LogP contribution in [-0.2, 0) is 6.42 Å². The second-order valence-electron chi connectivity index (χ2n) is 6.99. The molecule has 1 saturated carbocycles. The van der Waals surface area contributed by atoms with Crippen molar-refractivity contribution in [3.8, 4) is 0 Å². The predicted octanol–water partition coefficient (Wildman–Crippen LogP) is 3.89. The Morgan fingerprint density at radius 2 is 2.14 bits per heavy atom. The third-order valence-electron chi connectivity index (χ3n) is 5.97. The fourth-order valence-corrected chi connectivity index (χ4v) is 5.02. The third kappa shape index (κ3) is 1.55. The zero-order valence-electron chi connectivity index (χ0n) is 12.9. The van der Waals surface area contributed by atoms with Gasteiger partial charge in [0.05, 0.1) is 12.2 Å². The lowest BCUT2D eigenvalue weighted by molar-refractivity contribution is 0.388. The van der Waals surface area contributed by atoms with Crippen LogP contribution in [0.3, 0.4) is 0 Å². The summed E-state index contributed by atoms with van der Waals surface area (Å²) < 4.78 is 0. The number of nitrogens with two attached hydrogens (primary N) is 1. The maximum absolute atomic E-state index is 6.10. The van der Waals surface area contributed by atoms with Crippen LogP contribution in [0.4, 0.5) is 5.69 Å². The number of aromatic amines is 1. The molecule has 2 aliphatic carbocycles. The van der Waals surface area contributed by atoms with Crippen LogP contribution in [0.2, 0.25) is 0 Å². The molecular formula is C19H23N3. The van der Waals surface area contributed by atoms with E-state index in [9.17, 15) is 0 Å². The number of aryl methyl sites for hydroxylation is 1. The van der Waals surface area contributed by atoms with Crippen LogP contribution in [-0.4, -0.2) is 17.7 Å². The number of allylic oxidation sites excluding steroid dienone is 1. The highest BCUT2D eigenvalue weighted by molar-refractivity contribution is 5.97. The van der Waals surface area contributed by atoms with E-state index in [0.29, 0.717) is 18.6 Å². The molecule has 3 aliphatic rings. The molecule has 114 valence electrons. The van der Waals surface area contributed by atoms with Crippen molar-refractivity contribution >= 4 is 22.7 Å². The molecule has 2 atom stereocenters. The monoisotopic (exact) mass is 293 g/mol. The van der Waals surface area contributed by atoms with Crippen molar-refractivity contribution in [2.45, 2.75) is 50.5 Å². The molecule has 5 rings (SSSR count). The third-order valence-corrected chi connectivity index (χ3v) is 5.97. The number of nitrogens with one attached hydrogen (secondary N) is 1. The van der Waals surface area contributed by atoms with Crippen LogP contribution in [0.15, 0.2) is 18.2 Å². The van der Waals surface area contributed by atoms with Crippen LogP contribution >= 0.6 is 0 Å². The topological polar surface area (TPSA) is 45.0 Å². The highest BCUT2D eigenvalue weighted by Gasteiger charge is 2.40. The zero-order valence-corrected chi connectivity index (χ0v) is 12.9. The number of fused-ring (bicyclic) bond motifs is 7. The Labute approximate surface area is 131 Å². The minimum Gasteiger partial charge on any atom is -0.358 e. The molecule has 0 bridgehead atoms. The summed E-state index contributed by atoms with van der Waals surface area (Å²) >= 11 is 0. The summed E-state index contributed by atoms with van der Waals surface area (Å²) in [6, 6.07) is 5.24. The predicted molar refractivity (Wildman–Crippen MR) is 92.2 cm³/mol. The fraction of sp³-hybridized carbons (Fsp3) is 0.474. The molecule has 22 heavy (non-hydrogen) atoms. The number of aromatic nitrogens is 1. The number of rotatable bonds is 1. The minimum absolute atomic E-state index is 0.621. The molecule has 3 nitrogen and oxygen atoms in total. The summed E-state index contributed by atoms with van der Waals surface area (Å²) in [5.41, 5.74) is 13.3. The largest absolute Gasteiger partial charge is 0.358 e. The molecular weight excluding hydrogens is 270 g/mol. The van der Waals surface area contributed by atoms with Crippen LogP contribution in [0.5, 0.6) is 0 Å². The normalized spacial score (nSPS) is 26.1. The Hall–Kier alpha value is -1.74. The van der Waals surface area contributed by atoms with Gasteiger partial charge in [-0.1, -0.05) is 31.1 Å². The SMILES string of the molecule is NCN1c2ccc3c4c([nH]c3c2C2CCCCC21)CCC=C4. The van der Waals surface area contributed by atoms with E-state index in [1.807, 2.05) is 0 Å². The average molecular weight is 293 g/mol. The summed E-state index contributed by atoms with van der Waals surface area (Å²) in [6.45, 7) is 0.639. The van der Waals surface area contributed by atoms with Gasteiger partial charge >= 0.3 is 0 Å². The van der Waals surface area contributed by atoms with E-state index in [1.165, 1.54) is 53.5 Å². The van der Waals surface area contributed by atoms with Crippen molar-refractivity contribution in [1.82, 2.24) is 4.98 Å². The molecule has 1 aliphatic heterocycles. The number of H-pyrrole nitrogens is 1. The number of hydrogen-bond donors (Lipinski definition) is 2. The first kappa shape index (κ1) is 12.8. The first-order valence-electron chi connectivity index (χ1n) is 8.69. The first-order valence-corrected chi connectivity index (χ1v) is 8.69.